The van der Waals surface area contributed by atoms with Crippen molar-refractivity contribution in [3.05, 3.63) is 63.0 Å². The topological polar surface area (TPSA) is 67.9 Å². The van der Waals surface area contributed by atoms with Gasteiger partial charge in [0.05, 0.1) is 24.7 Å². The van der Waals surface area contributed by atoms with Gasteiger partial charge in [-0.3, -0.25) is 15.0 Å². The molecule has 6 nitrogen and oxygen atoms in total. The Balaban J connectivity index is 1.81. The number of thioether (sulfide) groups is 1. The summed E-state index contributed by atoms with van der Waals surface area (Å²) < 4.78 is 11.4. The maximum absolute atomic E-state index is 12.7. The summed E-state index contributed by atoms with van der Waals surface area (Å²) in [6, 6.07) is 12.2. The van der Waals surface area contributed by atoms with Gasteiger partial charge in [0.2, 0.25) is 0 Å². The SMILES string of the molecule is COc1ccc(C=C2SC(=S)N(NC(=O)c3ccccc3Br)C2=O)cc1OC. The number of thiocarbonyl (C=S) groups is 1. The lowest BCUT2D eigenvalue weighted by Gasteiger charge is -2.16. The Morgan fingerprint density at radius 3 is 2.57 bits per heavy atom. The van der Waals surface area contributed by atoms with E-state index in [1.54, 1.807) is 62.8 Å². The van der Waals surface area contributed by atoms with E-state index >= 15 is 0 Å². The molecule has 1 aliphatic rings. The Morgan fingerprint density at radius 1 is 1.18 bits per heavy atom. The molecule has 1 saturated heterocycles. The van der Waals surface area contributed by atoms with E-state index in [0.29, 0.717) is 26.4 Å². The number of methoxy groups -OCH3 is 2. The third kappa shape index (κ3) is 4.21. The standard InChI is InChI=1S/C19H15BrN2O4S2/c1-25-14-8-7-11(9-15(14)26-2)10-16-18(24)22(19(27)28-16)21-17(23)12-5-3-4-6-13(12)20/h3-10H,1-2H3,(H,21,23). The average molecular weight is 479 g/mol. The molecule has 1 aliphatic heterocycles. The van der Waals surface area contributed by atoms with Crippen LogP contribution in [-0.4, -0.2) is 35.4 Å². The van der Waals surface area contributed by atoms with Crippen molar-refractivity contribution < 1.29 is 19.1 Å². The molecule has 1 fully saturated rings. The van der Waals surface area contributed by atoms with Crippen molar-refractivity contribution in [3.63, 3.8) is 0 Å². The molecular weight excluding hydrogens is 464 g/mol. The predicted molar refractivity (Wildman–Crippen MR) is 116 cm³/mol. The molecule has 0 spiro atoms. The Bertz CT molecular complexity index is 994. The minimum Gasteiger partial charge on any atom is -0.493 e. The summed E-state index contributed by atoms with van der Waals surface area (Å²) in [6.07, 6.45) is 1.69. The molecule has 0 unspecified atom stereocenters. The van der Waals surface area contributed by atoms with Gasteiger partial charge in [-0.2, -0.15) is 5.01 Å². The Labute approximate surface area is 180 Å². The fourth-order valence-corrected chi connectivity index (χ4v) is 4.11. The second-order valence-electron chi connectivity index (χ2n) is 5.55. The molecule has 28 heavy (non-hydrogen) atoms. The molecule has 1 N–H and O–H groups in total. The van der Waals surface area contributed by atoms with E-state index in [-0.39, 0.29) is 4.32 Å². The van der Waals surface area contributed by atoms with Gasteiger partial charge < -0.3 is 9.47 Å². The van der Waals surface area contributed by atoms with Crippen molar-refractivity contribution in [1.82, 2.24) is 10.4 Å². The molecule has 0 radical (unpaired) electrons. The number of rotatable bonds is 5. The zero-order chi connectivity index (χ0) is 20.3. The van der Waals surface area contributed by atoms with Crippen molar-refractivity contribution >= 4 is 62.1 Å². The molecule has 2 aromatic rings. The van der Waals surface area contributed by atoms with E-state index in [9.17, 15) is 9.59 Å². The number of benzene rings is 2. The number of nitrogens with zero attached hydrogens (tertiary/aromatic N) is 1. The number of nitrogens with one attached hydrogen (secondary N) is 1. The van der Waals surface area contributed by atoms with Gasteiger partial charge >= 0.3 is 0 Å². The van der Waals surface area contributed by atoms with Gasteiger partial charge in [-0.05, 0) is 64.1 Å². The summed E-state index contributed by atoms with van der Waals surface area (Å²) >= 11 is 9.69. The first-order valence-corrected chi connectivity index (χ1v) is 10.0. The lowest BCUT2D eigenvalue weighted by Crippen LogP contribution is -2.44. The zero-order valence-electron chi connectivity index (χ0n) is 14.9. The van der Waals surface area contributed by atoms with Crippen LogP contribution in [0.15, 0.2) is 51.8 Å². The van der Waals surface area contributed by atoms with Gasteiger partial charge in [-0.15, -0.1) is 0 Å². The summed E-state index contributed by atoms with van der Waals surface area (Å²) in [4.78, 5) is 25.6. The molecule has 0 atom stereocenters. The van der Waals surface area contributed by atoms with E-state index in [1.165, 1.54) is 0 Å². The number of hydrazine groups is 1. The number of ether oxygens (including phenoxy) is 2. The van der Waals surface area contributed by atoms with E-state index in [0.717, 1.165) is 22.3 Å². The molecule has 2 aromatic carbocycles. The molecule has 1 heterocycles. The van der Waals surface area contributed by atoms with Crippen LogP contribution >= 0.6 is 39.9 Å². The van der Waals surface area contributed by atoms with Gasteiger partial charge in [0.25, 0.3) is 11.8 Å². The number of carbonyl (C=O) groups excluding carboxylic acids is 2. The van der Waals surface area contributed by atoms with Crippen LogP contribution in [0.2, 0.25) is 0 Å². The molecule has 0 aromatic heterocycles. The first kappa shape index (κ1) is 20.4. The molecule has 0 saturated carbocycles. The number of halogens is 1. The minimum atomic E-state index is -0.434. The van der Waals surface area contributed by atoms with Crippen molar-refractivity contribution in [2.75, 3.05) is 14.2 Å². The third-order valence-electron chi connectivity index (χ3n) is 3.83. The number of amides is 2. The quantitative estimate of drug-likeness (QED) is 0.517. The predicted octanol–water partition coefficient (Wildman–Crippen LogP) is 4.01. The summed E-state index contributed by atoms with van der Waals surface area (Å²) in [5, 5.41) is 1.08. The highest BCUT2D eigenvalue weighted by Gasteiger charge is 2.34. The average Bonchev–Trinajstić information content (AvgIpc) is 2.95. The lowest BCUT2D eigenvalue weighted by molar-refractivity contribution is -0.123. The molecule has 0 aliphatic carbocycles. The Morgan fingerprint density at radius 2 is 1.89 bits per heavy atom. The van der Waals surface area contributed by atoms with Crippen LogP contribution < -0.4 is 14.9 Å². The van der Waals surface area contributed by atoms with Crippen molar-refractivity contribution in [1.29, 1.82) is 0 Å². The highest BCUT2D eigenvalue weighted by Crippen LogP contribution is 2.34. The van der Waals surface area contributed by atoms with Crippen LogP contribution in [0.4, 0.5) is 0 Å². The smallest absolute Gasteiger partial charge is 0.285 e. The highest BCUT2D eigenvalue weighted by molar-refractivity contribution is 9.10. The maximum Gasteiger partial charge on any atom is 0.285 e. The minimum absolute atomic E-state index is 0.247. The molecule has 9 heteroatoms. The second kappa shape index (κ2) is 8.76. The largest absolute Gasteiger partial charge is 0.493 e. The number of hydrogen-bond donors (Lipinski definition) is 1. The monoisotopic (exact) mass is 478 g/mol. The number of carbonyl (C=O) groups is 2. The van der Waals surface area contributed by atoms with Crippen molar-refractivity contribution in [3.8, 4) is 11.5 Å². The zero-order valence-corrected chi connectivity index (χ0v) is 18.1. The molecule has 144 valence electrons. The van der Waals surface area contributed by atoms with E-state index in [2.05, 4.69) is 21.4 Å². The summed E-state index contributed by atoms with van der Waals surface area (Å²) in [6.45, 7) is 0. The first-order valence-electron chi connectivity index (χ1n) is 8.00. The van der Waals surface area contributed by atoms with Gasteiger partial charge in [0.1, 0.15) is 0 Å². The summed E-state index contributed by atoms with van der Waals surface area (Å²) in [5.41, 5.74) is 3.71. The second-order valence-corrected chi connectivity index (χ2v) is 8.08. The van der Waals surface area contributed by atoms with Crippen molar-refractivity contribution in [2.45, 2.75) is 0 Å². The summed E-state index contributed by atoms with van der Waals surface area (Å²) in [5.74, 6) is 0.309. The van der Waals surface area contributed by atoms with Crippen LogP contribution in [0.3, 0.4) is 0 Å². The fourth-order valence-electron chi connectivity index (χ4n) is 2.47. The van der Waals surface area contributed by atoms with Crippen LogP contribution in [0.25, 0.3) is 6.08 Å². The first-order chi connectivity index (χ1) is 13.4. The van der Waals surface area contributed by atoms with Gasteiger partial charge in [-0.1, -0.05) is 30.0 Å². The molecule has 0 bridgehead atoms. The maximum atomic E-state index is 12.7. The van der Waals surface area contributed by atoms with Crippen LogP contribution in [-0.2, 0) is 4.79 Å². The summed E-state index contributed by atoms with van der Waals surface area (Å²) in [7, 11) is 3.09. The van der Waals surface area contributed by atoms with Crippen LogP contribution in [0.1, 0.15) is 15.9 Å². The normalized spacial score (nSPS) is 15.1. The fraction of sp³-hybridized carbons (Fsp3) is 0.105. The van der Waals surface area contributed by atoms with Gasteiger partial charge in [-0.25, -0.2) is 0 Å². The van der Waals surface area contributed by atoms with Gasteiger partial charge in [0.15, 0.2) is 15.8 Å². The third-order valence-corrected chi connectivity index (χ3v) is 5.82. The van der Waals surface area contributed by atoms with Gasteiger partial charge in [0, 0.05) is 4.47 Å². The number of hydrogen-bond acceptors (Lipinski definition) is 6. The van der Waals surface area contributed by atoms with Crippen LogP contribution in [0, 0.1) is 0 Å². The molecule has 3 rings (SSSR count). The molecule has 2 amide bonds. The molecular formula is C19H15BrN2O4S2. The lowest BCUT2D eigenvalue weighted by atomic mass is 10.2. The van der Waals surface area contributed by atoms with Crippen LogP contribution in [0.5, 0.6) is 11.5 Å². The Hall–Kier alpha value is -2.36. The van der Waals surface area contributed by atoms with E-state index in [4.69, 9.17) is 21.7 Å². The highest BCUT2D eigenvalue weighted by atomic mass is 79.9. The Kier molecular flexibility index (Phi) is 6.38. The van der Waals surface area contributed by atoms with E-state index < -0.39 is 11.8 Å². The van der Waals surface area contributed by atoms with Crippen molar-refractivity contribution in [2.24, 2.45) is 0 Å². The van der Waals surface area contributed by atoms with E-state index in [1.807, 2.05) is 0 Å².